The minimum atomic E-state index is -0.140. The van der Waals surface area contributed by atoms with E-state index in [0.717, 1.165) is 12.3 Å². The quantitative estimate of drug-likeness (QED) is 0.263. The molecule has 1 nitrogen and oxygen atoms in total. The van der Waals surface area contributed by atoms with Crippen molar-refractivity contribution in [2.45, 2.75) is 70.1 Å². The van der Waals surface area contributed by atoms with Gasteiger partial charge in [0.15, 0.2) is 0 Å². The maximum atomic E-state index is 13.2. The molecular formula is C27H34FN. The van der Waals surface area contributed by atoms with E-state index >= 15 is 0 Å². The number of nitriles is 1. The largest absolute Gasteiger partial charge is 0.207 e. The van der Waals surface area contributed by atoms with Crippen LogP contribution in [0.5, 0.6) is 0 Å². The molecule has 2 aliphatic rings. The van der Waals surface area contributed by atoms with E-state index in [4.69, 9.17) is 5.26 Å². The van der Waals surface area contributed by atoms with Crippen molar-refractivity contribution in [3.05, 3.63) is 72.1 Å². The van der Waals surface area contributed by atoms with Gasteiger partial charge in [-0.3, -0.25) is 0 Å². The Morgan fingerprint density at radius 3 is 2.21 bits per heavy atom. The molecule has 1 aromatic rings. The summed E-state index contributed by atoms with van der Waals surface area (Å²) < 4.78 is 13.2. The fraction of sp³-hybridized carbons (Fsp3) is 0.519. The Balaban J connectivity index is 1.38. The number of benzene rings is 1. The summed E-state index contributed by atoms with van der Waals surface area (Å²) in [6, 6.07) is 9.13. The van der Waals surface area contributed by atoms with Crippen molar-refractivity contribution < 1.29 is 4.39 Å². The van der Waals surface area contributed by atoms with E-state index in [2.05, 4.69) is 12.7 Å². The molecule has 29 heavy (non-hydrogen) atoms. The van der Waals surface area contributed by atoms with Crippen molar-refractivity contribution in [1.29, 1.82) is 5.26 Å². The lowest BCUT2D eigenvalue weighted by atomic mass is 9.69. The highest BCUT2D eigenvalue weighted by atomic mass is 19.1. The van der Waals surface area contributed by atoms with Gasteiger partial charge >= 0.3 is 0 Å². The van der Waals surface area contributed by atoms with Gasteiger partial charge in [-0.05, 0) is 106 Å². The summed E-state index contributed by atoms with van der Waals surface area (Å²) >= 11 is 0. The molecule has 2 heteroatoms. The predicted octanol–water partition coefficient (Wildman–Crippen LogP) is 7.88. The van der Waals surface area contributed by atoms with E-state index in [1.54, 1.807) is 12.1 Å². The van der Waals surface area contributed by atoms with Gasteiger partial charge < -0.3 is 0 Å². The summed E-state index contributed by atoms with van der Waals surface area (Å²) in [6.07, 6.45) is 20.0. The summed E-state index contributed by atoms with van der Waals surface area (Å²) in [5.74, 6) is 2.69. The zero-order valence-electron chi connectivity index (χ0n) is 17.5. The molecule has 0 saturated heterocycles. The van der Waals surface area contributed by atoms with Crippen molar-refractivity contribution in [2.75, 3.05) is 0 Å². The number of nitrogens with zero attached hydrogens (tertiary/aromatic N) is 1. The Kier molecular flexibility index (Phi) is 8.29. The first-order valence-corrected chi connectivity index (χ1v) is 11.3. The van der Waals surface area contributed by atoms with Crippen LogP contribution < -0.4 is 0 Å². The van der Waals surface area contributed by atoms with Gasteiger partial charge in [0.25, 0.3) is 0 Å². The Morgan fingerprint density at radius 1 is 0.966 bits per heavy atom. The molecule has 0 atom stereocenters. The summed E-state index contributed by atoms with van der Waals surface area (Å²) in [5.41, 5.74) is 2.82. The number of hydrogen-bond acceptors (Lipinski definition) is 1. The molecule has 0 bridgehead atoms. The summed E-state index contributed by atoms with van der Waals surface area (Å²) in [4.78, 5) is 0. The van der Waals surface area contributed by atoms with Crippen molar-refractivity contribution >= 4 is 0 Å². The normalized spacial score (nSPS) is 27.9. The summed E-state index contributed by atoms with van der Waals surface area (Å²) in [6.45, 7) is 4.55. The molecule has 1 aromatic carbocycles. The second-order valence-corrected chi connectivity index (χ2v) is 8.89. The molecule has 0 heterocycles. The van der Waals surface area contributed by atoms with Crippen LogP contribution in [0.15, 0.2) is 60.7 Å². The van der Waals surface area contributed by atoms with Crippen molar-refractivity contribution in [3.63, 3.8) is 0 Å². The van der Waals surface area contributed by atoms with E-state index in [9.17, 15) is 4.39 Å². The molecule has 0 spiro atoms. The van der Waals surface area contributed by atoms with Crippen LogP contribution in [0, 0.1) is 34.9 Å². The monoisotopic (exact) mass is 391 g/mol. The zero-order chi connectivity index (χ0) is 20.5. The molecule has 3 rings (SSSR count). The number of halogens is 1. The maximum absolute atomic E-state index is 13.2. The molecule has 0 unspecified atom stereocenters. The third-order valence-corrected chi connectivity index (χ3v) is 7.12. The lowest BCUT2D eigenvalue weighted by molar-refractivity contribution is 0.260. The standard InChI is InChI=1S/C27H34FN/c1-21(23-10-8-22(9-11-23)7-5-3-2-4-6-20-29)24-12-14-25(15-13-24)26-16-18-27(28)19-17-26/h2-4,6,16-19,22-25H,1,5,7-15H2. The fourth-order valence-corrected chi connectivity index (χ4v) is 5.29. The fourth-order valence-electron chi connectivity index (χ4n) is 5.29. The van der Waals surface area contributed by atoms with Gasteiger partial charge in [-0.15, -0.1) is 0 Å². The first kappa shape index (κ1) is 21.6. The summed E-state index contributed by atoms with van der Waals surface area (Å²) in [7, 11) is 0. The van der Waals surface area contributed by atoms with Crippen LogP contribution in [0.25, 0.3) is 0 Å². The molecule has 2 aliphatic carbocycles. The van der Waals surface area contributed by atoms with Gasteiger partial charge in [0.1, 0.15) is 5.82 Å². The van der Waals surface area contributed by atoms with Gasteiger partial charge in [-0.1, -0.05) is 42.5 Å². The molecule has 154 valence electrons. The number of rotatable bonds is 7. The van der Waals surface area contributed by atoms with E-state index < -0.39 is 0 Å². The molecular weight excluding hydrogens is 357 g/mol. The van der Waals surface area contributed by atoms with Crippen LogP contribution in [0.1, 0.15) is 75.7 Å². The van der Waals surface area contributed by atoms with Crippen molar-refractivity contribution in [2.24, 2.45) is 17.8 Å². The van der Waals surface area contributed by atoms with E-state index in [1.165, 1.54) is 75.0 Å². The van der Waals surface area contributed by atoms with E-state index in [1.807, 2.05) is 30.4 Å². The van der Waals surface area contributed by atoms with E-state index in [-0.39, 0.29) is 5.82 Å². The predicted molar refractivity (Wildman–Crippen MR) is 119 cm³/mol. The molecule has 0 N–H and O–H groups in total. The Labute approximate surface area is 176 Å². The minimum absolute atomic E-state index is 0.140. The minimum Gasteiger partial charge on any atom is -0.207 e. The zero-order valence-corrected chi connectivity index (χ0v) is 17.5. The first-order valence-electron chi connectivity index (χ1n) is 11.3. The highest BCUT2D eigenvalue weighted by Crippen LogP contribution is 2.44. The lowest BCUT2D eigenvalue weighted by Gasteiger charge is -2.36. The van der Waals surface area contributed by atoms with Gasteiger partial charge in [0.05, 0.1) is 6.07 Å². The molecule has 0 radical (unpaired) electrons. The molecule has 0 aliphatic heterocycles. The molecule has 0 amide bonds. The SMILES string of the molecule is C=C(C1CCC(CCC=CC=CC#N)CC1)C1CCC(c2ccc(F)cc2)CC1. The number of hydrogen-bond donors (Lipinski definition) is 0. The van der Waals surface area contributed by atoms with Crippen LogP contribution in [0.4, 0.5) is 4.39 Å². The van der Waals surface area contributed by atoms with Crippen LogP contribution in [0.2, 0.25) is 0 Å². The second-order valence-electron chi connectivity index (χ2n) is 8.89. The topological polar surface area (TPSA) is 23.8 Å². The van der Waals surface area contributed by atoms with E-state index in [0.29, 0.717) is 17.8 Å². The average Bonchev–Trinajstić information content (AvgIpc) is 2.77. The Bertz CT molecular complexity index is 736. The first-order chi connectivity index (χ1) is 14.2. The molecule has 0 aromatic heterocycles. The van der Waals surface area contributed by atoms with Crippen molar-refractivity contribution in [3.8, 4) is 6.07 Å². The summed E-state index contributed by atoms with van der Waals surface area (Å²) in [5, 5.41) is 8.47. The van der Waals surface area contributed by atoms with Crippen LogP contribution >= 0.6 is 0 Å². The van der Waals surface area contributed by atoms with Crippen molar-refractivity contribution in [1.82, 2.24) is 0 Å². The van der Waals surface area contributed by atoms with Gasteiger partial charge in [-0.2, -0.15) is 5.26 Å². The average molecular weight is 392 g/mol. The third-order valence-electron chi connectivity index (χ3n) is 7.12. The smallest absolute Gasteiger partial charge is 0.123 e. The van der Waals surface area contributed by atoms with Gasteiger partial charge in [0.2, 0.25) is 0 Å². The van der Waals surface area contributed by atoms with Crippen LogP contribution in [-0.4, -0.2) is 0 Å². The highest BCUT2D eigenvalue weighted by molar-refractivity contribution is 5.22. The van der Waals surface area contributed by atoms with Crippen LogP contribution in [0.3, 0.4) is 0 Å². The third kappa shape index (κ3) is 6.43. The Morgan fingerprint density at radius 2 is 1.59 bits per heavy atom. The number of allylic oxidation sites excluding steroid dienone is 5. The van der Waals surface area contributed by atoms with Gasteiger partial charge in [-0.25, -0.2) is 4.39 Å². The highest BCUT2D eigenvalue weighted by Gasteiger charge is 2.29. The Hall–Kier alpha value is -2.14. The maximum Gasteiger partial charge on any atom is 0.123 e. The molecule has 2 fully saturated rings. The molecule has 2 saturated carbocycles. The second kappa shape index (κ2) is 11.1. The van der Waals surface area contributed by atoms with Gasteiger partial charge in [0, 0.05) is 6.08 Å². The lowest BCUT2D eigenvalue weighted by Crippen LogP contribution is -2.22. The van der Waals surface area contributed by atoms with Crippen LogP contribution in [-0.2, 0) is 0 Å².